The molecule has 0 unspecified atom stereocenters. The summed E-state index contributed by atoms with van der Waals surface area (Å²) in [6, 6.07) is 7.08. The number of hydrogen-bond acceptors (Lipinski definition) is 7. The lowest BCUT2D eigenvalue weighted by molar-refractivity contribution is -0.139. The fraction of sp³-hybridized carbons (Fsp3) is 0.368. The molecule has 3 aliphatic heterocycles. The Labute approximate surface area is 155 Å². The van der Waals surface area contributed by atoms with E-state index in [1.807, 2.05) is 24.3 Å². The number of amidine groups is 1. The molecule has 1 fully saturated rings. The smallest absolute Gasteiger partial charge is 0.357 e. The van der Waals surface area contributed by atoms with Crippen molar-refractivity contribution >= 4 is 29.4 Å². The van der Waals surface area contributed by atoms with Gasteiger partial charge in [-0.2, -0.15) is 0 Å². The van der Waals surface area contributed by atoms with Gasteiger partial charge in [0.15, 0.2) is 5.70 Å². The molecule has 0 aromatic heterocycles. The maximum atomic E-state index is 12.6. The maximum absolute atomic E-state index is 12.6. The zero-order valence-corrected chi connectivity index (χ0v) is 15.2. The van der Waals surface area contributed by atoms with Crippen LogP contribution in [0.25, 0.3) is 0 Å². The summed E-state index contributed by atoms with van der Waals surface area (Å²) in [5.74, 6) is -1.10. The van der Waals surface area contributed by atoms with E-state index in [2.05, 4.69) is 10.3 Å². The highest BCUT2D eigenvalue weighted by atomic mass is 16.5. The van der Waals surface area contributed by atoms with E-state index in [9.17, 15) is 14.4 Å². The summed E-state index contributed by atoms with van der Waals surface area (Å²) in [5, 5.41) is 3.35. The van der Waals surface area contributed by atoms with Gasteiger partial charge in [0.05, 0.1) is 31.2 Å². The zero-order valence-electron chi connectivity index (χ0n) is 15.2. The number of fused-ring (bicyclic) bond motifs is 1. The van der Waals surface area contributed by atoms with Crippen LogP contribution in [0.4, 0.5) is 5.69 Å². The van der Waals surface area contributed by atoms with Gasteiger partial charge in [0.1, 0.15) is 5.84 Å². The zero-order chi connectivity index (χ0) is 19.3. The van der Waals surface area contributed by atoms with Crippen molar-refractivity contribution in [2.75, 3.05) is 26.1 Å². The van der Waals surface area contributed by atoms with Gasteiger partial charge in [0.25, 0.3) is 0 Å². The normalized spacial score (nSPS) is 25.1. The number of para-hydroxylation sites is 1. The maximum Gasteiger partial charge on any atom is 0.357 e. The highest BCUT2D eigenvalue weighted by Crippen LogP contribution is 2.53. The molecule has 0 radical (unpaired) electrons. The van der Waals surface area contributed by atoms with Crippen LogP contribution in [0.15, 0.2) is 40.5 Å². The van der Waals surface area contributed by atoms with Crippen LogP contribution in [0.2, 0.25) is 0 Å². The number of methoxy groups -OCH3 is 2. The second-order valence-electron chi connectivity index (χ2n) is 6.70. The molecule has 1 aromatic carbocycles. The molecule has 2 atom stereocenters. The molecule has 8 nitrogen and oxygen atoms in total. The van der Waals surface area contributed by atoms with Crippen LogP contribution in [-0.2, 0) is 29.3 Å². The highest BCUT2D eigenvalue weighted by Gasteiger charge is 2.61. The van der Waals surface area contributed by atoms with Gasteiger partial charge < -0.3 is 14.8 Å². The minimum atomic E-state index is -0.746. The van der Waals surface area contributed by atoms with Gasteiger partial charge in [0.2, 0.25) is 5.91 Å². The van der Waals surface area contributed by atoms with Gasteiger partial charge in [-0.25, -0.2) is 14.6 Å². The van der Waals surface area contributed by atoms with E-state index in [0.29, 0.717) is 18.8 Å². The molecule has 0 saturated carbocycles. The summed E-state index contributed by atoms with van der Waals surface area (Å²) in [6.45, 7) is 1.91. The molecule has 3 heterocycles. The van der Waals surface area contributed by atoms with Crippen LogP contribution < -0.4 is 5.32 Å². The van der Waals surface area contributed by atoms with Crippen molar-refractivity contribution in [2.45, 2.75) is 24.8 Å². The molecular weight excluding hydrogens is 350 g/mol. The van der Waals surface area contributed by atoms with Gasteiger partial charge in [-0.1, -0.05) is 18.2 Å². The van der Waals surface area contributed by atoms with Crippen LogP contribution in [0, 0.1) is 0 Å². The predicted molar refractivity (Wildman–Crippen MR) is 96.0 cm³/mol. The van der Waals surface area contributed by atoms with E-state index in [1.165, 1.54) is 21.1 Å². The molecule has 140 valence electrons. The lowest BCUT2D eigenvalue weighted by Gasteiger charge is -2.37. The number of benzene rings is 1. The second kappa shape index (κ2) is 5.94. The molecule has 1 spiro atoms. The number of hydrogen-bond donors (Lipinski definition) is 1. The number of anilines is 1. The molecule has 0 bridgehead atoms. The van der Waals surface area contributed by atoms with E-state index < -0.39 is 23.4 Å². The van der Waals surface area contributed by atoms with E-state index >= 15 is 0 Å². The molecule has 0 aliphatic carbocycles. The summed E-state index contributed by atoms with van der Waals surface area (Å²) in [7, 11) is 2.48. The Bertz CT molecular complexity index is 935. The van der Waals surface area contributed by atoms with E-state index in [-0.39, 0.29) is 17.2 Å². The van der Waals surface area contributed by atoms with Gasteiger partial charge in [0, 0.05) is 19.2 Å². The number of amides is 1. The van der Waals surface area contributed by atoms with Crippen molar-refractivity contribution in [1.82, 2.24) is 4.90 Å². The first-order chi connectivity index (χ1) is 13.0. The Morgan fingerprint density at radius 3 is 2.56 bits per heavy atom. The van der Waals surface area contributed by atoms with E-state index in [4.69, 9.17) is 9.47 Å². The fourth-order valence-corrected chi connectivity index (χ4v) is 4.37. The molecule has 3 aliphatic rings. The number of rotatable bonds is 2. The van der Waals surface area contributed by atoms with E-state index in [0.717, 1.165) is 11.3 Å². The van der Waals surface area contributed by atoms with Gasteiger partial charge in [-0.3, -0.25) is 9.69 Å². The molecule has 1 amide bonds. The second-order valence-corrected chi connectivity index (χ2v) is 6.70. The summed E-state index contributed by atoms with van der Waals surface area (Å²) in [4.78, 5) is 43.3. The van der Waals surface area contributed by atoms with Crippen molar-refractivity contribution in [3.05, 3.63) is 41.1 Å². The first-order valence-corrected chi connectivity index (χ1v) is 8.59. The standard InChI is InChI=1S/C19H19N3O5/c1-10(23)22-9-8-19-11-6-4-5-7-12(11)20-15(19)13(16(24)26-2)14(17(25)27-3)21-18(19)22/h4-7,15,20H,8-9H2,1-3H3/t15-,19-/m0/s1. The number of aliphatic imine (C=N–C) groups is 1. The van der Waals surface area contributed by atoms with Crippen molar-refractivity contribution in [2.24, 2.45) is 4.99 Å². The first-order valence-electron chi connectivity index (χ1n) is 8.59. The third kappa shape index (κ3) is 2.16. The first kappa shape index (κ1) is 17.3. The van der Waals surface area contributed by atoms with Crippen LogP contribution in [-0.4, -0.2) is 55.4 Å². The molecule has 8 heteroatoms. The number of carbonyl (C=O) groups excluding carboxylic acids is 3. The van der Waals surface area contributed by atoms with E-state index in [1.54, 1.807) is 4.90 Å². The number of nitrogens with zero attached hydrogens (tertiary/aromatic N) is 2. The number of ether oxygens (including phenoxy) is 2. The Balaban J connectivity index is 2.02. The molecule has 1 N–H and O–H groups in total. The summed E-state index contributed by atoms with van der Waals surface area (Å²) in [5.41, 5.74) is 1.06. The van der Waals surface area contributed by atoms with Crippen LogP contribution >= 0.6 is 0 Å². The lowest BCUT2D eigenvalue weighted by atomic mass is 9.70. The minimum absolute atomic E-state index is 0.120. The van der Waals surface area contributed by atoms with Gasteiger partial charge >= 0.3 is 11.9 Å². The van der Waals surface area contributed by atoms with Crippen LogP contribution in [0.3, 0.4) is 0 Å². The number of carbonyl (C=O) groups is 3. The van der Waals surface area contributed by atoms with Crippen molar-refractivity contribution < 1.29 is 23.9 Å². The average molecular weight is 369 g/mol. The largest absolute Gasteiger partial charge is 0.466 e. The van der Waals surface area contributed by atoms with Crippen molar-refractivity contribution in [1.29, 1.82) is 0 Å². The number of nitrogens with one attached hydrogen (secondary N) is 1. The molecule has 4 rings (SSSR count). The Morgan fingerprint density at radius 2 is 1.89 bits per heavy atom. The third-order valence-corrected chi connectivity index (χ3v) is 5.51. The van der Waals surface area contributed by atoms with Crippen LogP contribution in [0.5, 0.6) is 0 Å². The predicted octanol–water partition coefficient (Wildman–Crippen LogP) is 0.983. The molecule has 1 aromatic rings. The third-order valence-electron chi connectivity index (χ3n) is 5.51. The number of esters is 2. The quantitative estimate of drug-likeness (QED) is 0.781. The summed E-state index contributed by atoms with van der Waals surface area (Å²) in [6.07, 6.45) is 0.578. The fourth-order valence-electron chi connectivity index (χ4n) is 4.37. The van der Waals surface area contributed by atoms with Gasteiger partial charge in [-0.05, 0) is 18.1 Å². The number of likely N-dealkylation sites (tertiary alicyclic amines) is 1. The molecular formula is C19H19N3O5. The Morgan fingerprint density at radius 1 is 1.19 bits per heavy atom. The van der Waals surface area contributed by atoms with Gasteiger partial charge in [-0.15, -0.1) is 0 Å². The molecule has 27 heavy (non-hydrogen) atoms. The summed E-state index contributed by atoms with van der Waals surface area (Å²) < 4.78 is 9.79. The highest BCUT2D eigenvalue weighted by molar-refractivity contribution is 6.15. The summed E-state index contributed by atoms with van der Waals surface area (Å²) >= 11 is 0. The van der Waals surface area contributed by atoms with Crippen molar-refractivity contribution in [3.63, 3.8) is 0 Å². The SMILES string of the molecule is COC(=O)C1=C(C(=O)OC)[C@@H]2Nc3ccccc3[C@@]23CCN(C(C)=O)C3=N1. The average Bonchev–Trinajstić information content (AvgIpc) is 3.22. The lowest BCUT2D eigenvalue weighted by Crippen LogP contribution is -2.52. The Kier molecular flexibility index (Phi) is 3.80. The minimum Gasteiger partial charge on any atom is -0.466 e. The topological polar surface area (TPSA) is 97.3 Å². The Hall–Kier alpha value is -3.16. The van der Waals surface area contributed by atoms with Crippen LogP contribution in [0.1, 0.15) is 18.9 Å². The molecule has 1 saturated heterocycles. The monoisotopic (exact) mass is 369 g/mol. The van der Waals surface area contributed by atoms with Crippen molar-refractivity contribution in [3.8, 4) is 0 Å².